The van der Waals surface area contributed by atoms with Gasteiger partial charge in [-0.25, -0.2) is 4.39 Å². The molecule has 1 aromatic heterocycles. The van der Waals surface area contributed by atoms with Crippen molar-refractivity contribution in [3.05, 3.63) is 60.5 Å². The lowest BCUT2D eigenvalue weighted by molar-refractivity contribution is -0.148. The highest BCUT2D eigenvalue weighted by Gasteiger charge is 2.46. The van der Waals surface area contributed by atoms with Crippen LogP contribution in [0.15, 0.2) is 59.6 Å². The molecule has 0 aliphatic heterocycles. The first-order valence-corrected chi connectivity index (χ1v) is 9.94. The Bertz CT molecular complexity index is 983. The van der Waals surface area contributed by atoms with E-state index in [1.807, 2.05) is 25.1 Å². The summed E-state index contributed by atoms with van der Waals surface area (Å²) < 4.78 is 18.1. The molecular weight excluding hydrogens is 361 g/mol. The number of pyridine rings is 1. The van der Waals surface area contributed by atoms with Crippen LogP contribution >= 0.6 is 11.8 Å². The topological polar surface area (TPSA) is 39.2 Å². The summed E-state index contributed by atoms with van der Waals surface area (Å²) in [7, 11) is 0. The maximum atomic E-state index is 13.2. The minimum atomic E-state index is -0.490. The van der Waals surface area contributed by atoms with Gasteiger partial charge in [0.15, 0.2) is 0 Å². The number of ether oxygens (including phenoxy) is 1. The highest BCUT2D eigenvalue weighted by molar-refractivity contribution is 8.01. The maximum Gasteiger partial charge on any atom is 0.322 e. The molecule has 138 valence electrons. The molecule has 3 aromatic rings. The SMILES string of the molecule is CCOC(=O)C1(Sc2ccnc3ccc(-c4ccc(F)cc4)cc23)CCC1. The minimum absolute atomic E-state index is 0.124. The van der Waals surface area contributed by atoms with Gasteiger partial charge in [0, 0.05) is 16.5 Å². The second-order valence-corrected chi connectivity index (χ2v) is 8.14. The average Bonchev–Trinajstić information content (AvgIpc) is 2.65. The lowest BCUT2D eigenvalue weighted by Gasteiger charge is -2.38. The first-order chi connectivity index (χ1) is 13.1. The van der Waals surface area contributed by atoms with E-state index in [2.05, 4.69) is 11.1 Å². The van der Waals surface area contributed by atoms with E-state index < -0.39 is 4.75 Å². The third-order valence-corrected chi connectivity index (χ3v) is 6.53. The number of aromatic nitrogens is 1. The summed E-state index contributed by atoms with van der Waals surface area (Å²) in [5.41, 5.74) is 2.82. The second-order valence-electron chi connectivity index (χ2n) is 6.72. The van der Waals surface area contributed by atoms with Gasteiger partial charge < -0.3 is 4.74 Å². The fraction of sp³-hybridized carbons (Fsp3) is 0.273. The Morgan fingerprint density at radius 1 is 1.15 bits per heavy atom. The van der Waals surface area contributed by atoms with Crippen molar-refractivity contribution in [2.24, 2.45) is 0 Å². The van der Waals surface area contributed by atoms with Gasteiger partial charge in [0.05, 0.1) is 12.1 Å². The highest BCUT2D eigenvalue weighted by Crippen LogP contribution is 2.50. The van der Waals surface area contributed by atoms with Crippen LogP contribution < -0.4 is 0 Å². The average molecular weight is 381 g/mol. The van der Waals surface area contributed by atoms with Crippen molar-refractivity contribution in [1.29, 1.82) is 0 Å². The van der Waals surface area contributed by atoms with Crippen molar-refractivity contribution >= 4 is 28.6 Å². The van der Waals surface area contributed by atoms with Crippen LogP contribution in [0.1, 0.15) is 26.2 Å². The molecule has 1 saturated carbocycles. The van der Waals surface area contributed by atoms with E-state index in [4.69, 9.17) is 4.74 Å². The fourth-order valence-electron chi connectivity index (χ4n) is 3.35. The van der Waals surface area contributed by atoms with Gasteiger partial charge in [-0.3, -0.25) is 9.78 Å². The lowest BCUT2D eigenvalue weighted by atomic mass is 9.84. The molecule has 0 spiro atoms. The van der Waals surface area contributed by atoms with Crippen molar-refractivity contribution < 1.29 is 13.9 Å². The summed E-state index contributed by atoms with van der Waals surface area (Å²) in [5.74, 6) is -0.375. The number of nitrogens with zero attached hydrogens (tertiary/aromatic N) is 1. The number of thioether (sulfide) groups is 1. The van der Waals surface area contributed by atoms with Crippen molar-refractivity contribution in [1.82, 2.24) is 4.98 Å². The summed E-state index contributed by atoms with van der Waals surface area (Å²) in [6.07, 6.45) is 4.48. The Labute approximate surface area is 162 Å². The third-order valence-electron chi connectivity index (χ3n) is 4.99. The normalized spacial score (nSPS) is 15.3. The summed E-state index contributed by atoms with van der Waals surface area (Å²) in [6, 6.07) is 14.4. The Balaban J connectivity index is 1.73. The Morgan fingerprint density at radius 2 is 1.89 bits per heavy atom. The number of carbonyl (C=O) groups excluding carboxylic acids is 1. The van der Waals surface area contributed by atoms with Crippen LogP contribution in [0.2, 0.25) is 0 Å². The quantitative estimate of drug-likeness (QED) is 0.538. The molecule has 0 saturated heterocycles. The van der Waals surface area contributed by atoms with Crippen molar-refractivity contribution in [2.45, 2.75) is 35.8 Å². The van der Waals surface area contributed by atoms with Crippen LogP contribution in [-0.2, 0) is 9.53 Å². The summed E-state index contributed by atoms with van der Waals surface area (Å²) in [6.45, 7) is 2.23. The largest absolute Gasteiger partial charge is 0.465 e. The predicted molar refractivity (Wildman–Crippen MR) is 106 cm³/mol. The molecule has 1 heterocycles. The molecule has 0 radical (unpaired) electrons. The summed E-state index contributed by atoms with van der Waals surface area (Å²) in [4.78, 5) is 18.0. The van der Waals surface area contributed by atoms with E-state index >= 15 is 0 Å². The zero-order valence-corrected chi connectivity index (χ0v) is 15.9. The zero-order chi connectivity index (χ0) is 18.9. The van der Waals surface area contributed by atoms with Crippen LogP contribution in [0.3, 0.4) is 0 Å². The molecule has 2 aromatic carbocycles. The van der Waals surface area contributed by atoms with Crippen molar-refractivity contribution in [3.8, 4) is 11.1 Å². The van der Waals surface area contributed by atoms with E-state index in [0.29, 0.717) is 6.61 Å². The summed E-state index contributed by atoms with van der Waals surface area (Å²) in [5, 5.41) is 1.000. The molecule has 1 aliphatic rings. The zero-order valence-electron chi connectivity index (χ0n) is 15.1. The van der Waals surface area contributed by atoms with Crippen LogP contribution in [0, 0.1) is 5.82 Å². The lowest BCUT2D eigenvalue weighted by Crippen LogP contribution is -2.43. The molecular formula is C22H20FNO2S. The Kier molecular flexibility index (Phi) is 4.87. The van der Waals surface area contributed by atoms with Gasteiger partial charge in [-0.05, 0) is 67.6 Å². The number of rotatable bonds is 5. The van der Waals surface area contributed by atoms with Gasteiger partial charge in [0.1, 0.15) is 10.6 Å². The molecule has 0 unspecified atom stereocenters. The third kappa shape index (κ3) is 3.44. The molecule has 4 rings (SSSR count). The number of hydrogen-bond acceptors (Lipinski definition) is 4. The second kappa shape index (κ2) is 7.31. The van der Waals surface area contributed by atoms with Gasteiger partial charge in [0.25, 0.3) is 0 Å². The molecule has 1 fully saturated rings. The van der Waals surface area contributed by atoms with Gasteiger partial charge in [0.2, 0.25) is 0 Å². The number of benzene rings is 2. The van der Waals surface area contributed by atoms with Gasteiger partial charge >= 0.3 is 5.97 Å². The van der Waals surface area contributed by atoms with Gasteiger partial charge in [-0.15, -0.1) is 11.8 Å². The van der Waals surface area contributed by atoms with E-state index in [9.17, 15) is 9.18 Å². The molecule has 0 atom stereocenters. The molecule has 1 aliphatic carbocycles. The number of halogens is 1. The predicted octanol–water partition coefficient (Wildman–Crippen LogP) is 5.62. The number of fused-ring (bicyclic) bond motifs is 1. The first kappa shape index (κ1) is 18.0. The monoisotopic (exact) mass is 381 g/mol. The van der Waals surface area contributed by atoms with Crippen molar-refractivity contribution in [2.75, 3.05) is 6.61 Å². The van der Waals surface area contributed by atoms with Gasteiger partial charge in [-0.2, -0.15) is 0 Å². The van der Waals surface area contributed by atoms with E-state index in [1.165, 1.54) is 12.1 Å². The molecule has 3 nitrogen and oxygen atoms in total. The van der Waals surface area contributed by atoms with Crippen LogP contribution in [0.5, 0.6) is 0 Å². The molecule has 0 bridgehead atoms. The minimum Gasteiger partial charge on any atom is -0.465 e. The van der Waals surface area contributed by atoms with E-state index in [0.717, 1.165) is 46.2 Å². The molecule has 5 heteroatoms. The number of carbonyl (C=O) groups is 1. The Morgan fingerprint density at radius 3 is 2.56 bits per heavy atom. The molecule has 0 amide bonds. The summed E-state index contributed by atoms with van der Waals surface area (Å²) >= 11 is 1.59. The fourth-order valence-corrected chi connectivity index (χ4v) is 4.81. The smallest absolute Gasteiger partial charge is 0.322 e. The van der Waals surface area contributed by atoms with Crippen LogP contribution in [0.25, 0.3) is 22.0 Å². The standard InChI is InChI=1S/C22H20FNO2S/c1-2-26-21(25)22(11-3-12-22)27-20-10-13-24-19-9-6-16(14-18(19)20)15-4-7-17(23)8-5-15/h4-10,13-14H,2-3,11-12H2,1H3. The maximum absolute atomic E-state index is 13.2. The van der Waals surface area contributed by atoms with E-state index in [1.54, 1.807) is 30.1 Å². The molecule has 0 N–H and O–H groups in total. The first-order valence-electron chi connectivity index (χ1n) is 9.12. The number of esters is 1. The van der Waals surface area contributed by atoms with Crippen molar-refractivity contribution in [3.63, 3.8) is 0 Å². The van der Waals surface area contributed by atoms with E-state index in [-0.39, 0.29) is 11.8 Å². The van der Waals surface area contributed by atoms with Gasteiger partial charge in [-0.1, -0.05) is 18.2 Å². The number of hydrogen-bond donors (Lipinski definition) is 0. The highest BCUT2D eigenvalue weighted by atomic mass is 32.2. The molecule has 27 heavy (non-hydrogen) atoms. The van der Waals surface area contributed by atoms with Crippen LogP contribution in [0.4, 0.5) is 4.39 Å². The Hall–Kier alpha value is -2.40. The van der Waals surface area contributed by atoms with Crippen LogP contribution in [-0.4, -0.2) is 22.3 Å².